The number of H-pyrrole nitrogens is 3. The van der Waals surface area contributed by atoms with Crippen LogP contribution in [0.25, 0.3) is 21.8 Å². The lowest BCUT2D eigenvalue weighted by atomic mass is 9.88. The lowest BCUT2D eigenvalue weighted by Crippen LogP contribution is -2.60. The molecule has 22 N–H and O–H groups in total. The van der Waals surface area contributed by atoms with Crippen LogP contribution in [0, 0.1) is 23.2 Å². The molecule has 3 aromatic heterocycles. The number of hydrogen-bond donors (Lipinski definition) is 19. The fourth-order valence-electron chi connectivity index (χ4n) is 17.4. The number of hydrogen-bond acceptors (Lipinski definition) is 23. The van der Waals surface area contributed by atoms with Crippen molar-refractivity contribution < 1.29 is 92.0 Å². The topological polar surface area (TPSA) is 620 Å². The first-order valence-corrected chi connectivity index (χ1v) is 47.2. The third-order valence-corrected chi connectivity index (χ3v) is 26.0. The number of para-hydroxylation sites is 2. The summed E-state index contributed by atoms with van der Waals surface area (Å²) in [7, 11) is 4.05. The number of benzene rings is 3. The van der Waals surface area contributed by atoms with E-state index in [1.165, 1.54) is 79.6 Å². The summed E-state index contributed by atoms with van der Waals surface area (Å²) in [5.74, 6) is -17.8. The summed E-state index contributed by atoms with van der Waals surface area (Å²) in [6.07, 6.45) is 4.28. The number of phenolic OH excluding ortho intramolecular Hbond substituents is 1. The number of aromatic nitrogens is 4. The number of thioether (sulfide) groups is 1. The maximum Gasteiger partial charge on any atom is 0.245 e. The Morgan fingerprint density at radius 3 is 1.79 bits per heavy atom. The van der Waals surface area contributed by atoms with Crippen molar-refractivity contribution in [3.05, 3.63) is 120 Å². The van der Waals surface area contributed by atoms with Gasteiger partial charge in [0.05, 0.1) is 43.1 Å². The lowest BCUT2D eigenvalue weighted by Gasteiger charge is -2.36. The average molecular weight is 1890 g/mol. The Morgan fingerprint density at radius 2 is 1.18 bits per heavy atom. The number of imidazole rings is 1. The number of nitrogens with one attached hydrogen (secondary N) is 13. The number of likely N-dealkylation sites (N-methyl/N-ethyl adjacent to an activating group) is 3. The molecule has 6 aromatic rings. The summed E-state index contributed by atoms with van der Waals surface area (Å²) in [6.45, 7) is 6.37. The molecule has 15 atom stereocenters. The normalized spacial score (nSPS) is 24.9. The summed E-state index contributed by atoms with van der Waals surface area (Å²) in [4.78, 5) is 258. The van der Waals surface area contributed by atoms with Gasteiger partial charge in [0.1, 0.15) is 72.2 Å². The van der Waals surface area contributed by atoms with Crippen molar-refractivity contribution in [1.29, 1.82) is 5.41 Å². The van der Waals surface area contributed by atoms with E-state index in [1.54, 1.807) is 62.6 Å². The number of nitrogens with two attached hydrogens (primary N) is 3. The van der Waals surface area contributed by atoms with E-state index < -0.39 is 235 Å². The number of carbonyl (C=O) groups excluding carboxylic acids is 16. The molecule has 14 amide bonds. The number of phenols is 1. The first kappa shape index (κ1) is 106. The fourth-order valence-corrected chi connectivity index (χ4v) is 18.2. The van der Waals surface area contributed by atoms with E-state index in [-0.39, 0.29) is 115 Å². The molecule has 3 saturated heterocycles. The third kappa shape index (κ3) is 29.6. The van der Waals surface area contributed by atoms with Crippen LogP contribution >= 0.6 is 11.8 Å². The maximum atomic E-state index is 15.8. The first-order valence-electron chi connectivity index (χ1n) is 46.1. The third-order valence-electron chi connectivity index (χ3n) is 25.0. The number of nitrogens with zero attached hydrogens (tertiary/aromatic N) is 6. The van der Waals surface area contributed by atoms with Gasteiger partial charge < -0.3 is 120 Å². The van der Waals surface area contributed by atoms with Crippen molar-refractivity contribution in [3.8, 4) is 5.75 Å². The number of aliphatic hydroxyl groups excluding tert-OH is 2. The molecule has 41 nitrogen and oxygen atoms in total. The Bertz CT molecular complexity index is 5150. The molecule has 734 valence electrons. The zero-order valence-electron chi connectivity index (χ0n) is 77.8. The SMILES string of the molecule is CCCC[C@H]1C(=O)N(C)[C@@H](CCCC)C(=O)N[C@@H](CCCNC(=N)N)C(=O)N[C@H](C(=O)NCC(N)=O)CSCC(=O)N[C@@H](Cc2ccc(O)cc2)C(=O)N(C)[C@@H](C)C(=O)N[C@@H](CCN)C(=O)N2CCC[C@H]2C(=O)N[C@@H](Cc2c[nH]cn2)C(=O)N[C@@H](CC(C)C)C(=O)N2C[C@H](O)C[C@H]2C(=O)C[C@@H](Cc2c[nH]c3ccccc23)C(=O)N[C@@H](CO)C(=O)C[C@@H](Cc2c[nH]c3ccccc23)C(=O)N1C. The highest BCUT2D eigenvalue weighted by molar-refractivity contribution is 8.00. The van der Waals surface area contributed by atoms with Gasteiger partial charge in [-0.3, -0.25) is 82.1 Å². The van der Waals surface area contributed by atoms with E-state index in [4.69, 9.17) is 22.6 Å². The second kappa shape index (κ2) is 51.0. The number of carbonyl (C=O) groups is 16. The van der Waals surface area contributed by atoms with E-state index in [0.29, 0.717) is 69.9 Å². The Balaban J connectivity index is 1.10. The summed E-state index contributed by atoms with van der Waals surface area (Å²) >= 11 is 0.793. The summed E-state index contributed by atoms with van der Waals surface area (Å²) in [6, 6.07) is 2.67. The standard InChI is InChI=1S/C93H132N22O19S/c1-9-11-24-73-86(128)105-66(23-17-33-99-93(96)97)84(126)110-72(83(125)102-46-79(95)121)49-135-50-80(122)104-70(36-54-27-29-60(117)30-28-54)89(131)111(6)53(5)81(123)106-67(31-32-94)90(132)114-34-18-26-74(114)87(129)107-68(41-59-45-98-51-103-59)85(127)108-69(35-52(3)4)91(133)115-47-61(118)42-76(115)78(120)39-55(37-57-43-100-64-21-15-13-19-62(57)64)82(124)109-71(48-116)77(119)40-56(38-58-44-101-65-22-16-14-20-63(58)65)88(130)113(8)75(25-12-10-2)92(134)112(73)7/h13-16,19-22,27-30,43-45,51-53,55-56,61,66-76,100-101,116-118H,9-12,17-18,23-26,31-42,46-50,94H2,1-8H3,(H2,95,121)(H,98,103)(H,102,125)(H,104,122)(H,105,128)(H,106,123)(H,107,129)(H,108,127)(H,109,124)(H,110,126)(H4,96,97,99)/t53-,55+,56+,61+,66-,67-,68-,69-,70-,71-,72-,73-,74-,75-,76-/m0/s1. The number of rotatable bonds is 26. The van der Waals surface area contributed by atoms with Gasteiger partial charge in [-0.15, -0.1) is 11.8 Å². The van der Waals surface area contributed by atoms with Gasteiger partial charge in [-0.05, 0) is 125 Å². The van der Waals surface area contributed by atoms with E-state index >= 15 is 38.4 Å². The van der Waals surface area contributed by atoms with Gasteiger partial charge in [0.15, 0.2) is 17.5 Å². The van der Waals surface area contributed by atoms with Crippen molar-refractivity contribution in [2.45, 2.75) is 235 Å². The van der Waals surface area contributed by atoms with E-state index in [0.717, 1.165) is 21.6 Å². The van der Waals surface area contributed by atoms with Crippen LogP contribution < -0.4 is 65.1 Å². The Kier molecular flexibility index (Phi) is 40.0. The molecular weight excluding hydrogens is 1760 g/mol. The largest absolute Gasteiger partial charge is 0.508 e. The van der Waals surface area contributed by atoms with Crippen LogP contribution in [-0.2, 0) is 102 Å². The summed E-state index contributed by atoms with van der Waals surface area (Å²) in [5.41, 5.74) is 20.4. The van der Waals surface area contributed by atoms with E-state index in [1.807, 2.05) is 26.0 Å². The molecular formula is C93H132N22O19S. The molecule has 0 bridgehead atoms. The van der Waals surface area contributed by atoms with Crippen molar-refractivity contribution in [2.75, 3.05) is 72.0 Å². The number of fused-ring (bicyclic) bond motifs is 4. The van der Waals surface area contributed by atoms with Gasteiger partial charge in [0.25, 0.3) is 0 Å². The number of unbranched alkanes of at least 4 members (excludes halogenated alkanes) is 2. The minimum atomic E-state index is -1.73. The number of ketones is 2. The van der Waals surface area contributed by atoms with Gasteiger partial charge in [-0.1, -0.05) is 102 Å². The van der Waals surface area contributed by atoms with Gasteiger partial charge in [0, 0.05) is 131 Å². The van der Waals surface area contributed by atoms with Crippen LogP contribution in [0.1, 0.15) is 153 Å². The molecule has 0 saturated carbocycles. The zero-order chi connectivity index (χ0) is 98.4. The second-order valence-electron chi connectivity index (χ2n) is 35.5. The van der Waals surface area contributed by atoms with Gasteiger partial charge in [0.2, 0.25) is 82.7 Å². The van der Waals surface area contributed by atoms with Crippen molar-refractivity contribution in [2.24, 2.45) is 35.0 Å². The van der Waals surface area contributed by atoms with Gasteiger partial charge >= 0.3 is 0 Å². The van der Waals surface area contributed by atoms with Crippen molar-refractivity contribution in [3.63, 3.8) is 0 Å². The molecule has 0 radical (unpaired) electrons. The highest BCUT2D eigenvalue weighted by Crippen LogP contribution is 2.31. The van der Waals surface area contributed by atoms with E-state index in [9.17, 15) is 53.7 Å². The van der Waals surface area contributed by atoms with Crippen LogP contribution in [-0.4, -0.2) is 311 Å². The molecule has 42 heteroatoms. The number of primary amides is 1. The molecule has 6 heterocycles. The fraction of sp³-hybridized carbons (Fsp3) is 0.548. The van der Waals surface area contributed by atoms with Crippen LogP contribution in [0.4, 0.5) is 0 Å². The molecule has 3 aromatic carbocycles. The number of aromatic hydroxyl groups is 1. The predicted molar refractivity (Wildman–Crippen MR) is 502 cm³/mol. The number of aliphatic hydroxyl groups is 2. The number of amides is 14. The van der Waals surface area contributed by atoms with Crippen molar-refractivity contribution >= 4 is 134 Å². The molecule has 9 rings (SSSR count). The van der Waals surface area contributed by atoms with Gasteiger partial charge in [-0.25, -0.2) is 4.98 Å². The Labute approximate surface area is 787 Å². The van der Waals surface area contributed by atoms with Crippen LogP contribution in [0.15, 0.2) is 97.7 Å². The Hall–Kier alpha value is -12.8. The van der Waals surface area contributed by atoms with Crippen LogP contribution in [0.2, 0.25) is 0 Å². The smallest absolute Gasteiger partial charge is 0.245 e. The van der Waals surface area contributed by atoms with Crippen LogP contribution in [0.5, 0.6) is 5.75 Å². The molecule has 3 aliphatic heterocycles. The molecule has 3 aliphatic rings. The minimum Gasteiger partial charge on any atom is -0.508 e. The lowest BCUT2D eigenvalue weighted by molar-refractivity contribution is -0.150. The first-order chi connectivity index (χ1) is 64.4. The van der Waals surface area contributed by atoms with Crippen LogP contribution in [0.3, 0.4) is 0 Å². The second-order valence-corrected chi connectivity index (χ2v) is 36.5. The number of Topliss-reactive ketones (excluding diaryl/α,β-unsaturated/α-hetero) is 2. The zero-order valence-corrected chi connectivity index (χ0v) is 78.6. The Morgan fingerprint density at radius 1 is 0.585 bits per heavy atom. The van der Waals surface area contributed by atoms with E-state index in [2.05, 4.69) is 67.8 Å². The summed E-state index contributed by atoms with van der Waals surface area (Å²) < 4.78 is 0. The highest BCUT2D eigenvalue weighted by atomic mass is 32.2. The molecule has 0 aliphatic carbocycles. The molecule has 0 spiro atoms. The number of guanidine groups is 1. The molecule has 3 fully saturated rings. The average Bonchev–Trinajstić information content (AvgIpc) is 1.70. The highest BCUT2D eigenvalue weighted by Gasteiger charge is 2.47. The van der Waals surface area contributed by atoms with Gasteiger partial charge in [-0.2, -0.15) is 0 Å². The maximum absolute atomic E-state index is 15.8. The number of aromatic amines is 3. The van der Waals surface area contributed by atoms with Crippen molar-refractivity contribution in [1.82, 2.24) is 92.3 Å². The monoisotopic (exact) mass is 1890 g/mol. The predicted octanol–water partition coefficient (Wildman–Crippen LogP) is -0.274. The molecule has 135 heavy (non-hydrogen) atoms. The quantitative estimate of drug-likeness (QED) is 0.0189. The molecule has 0 unspecified atom stereocenters. The minimum absolute atomic E-state index is 0.00353. The summed E-state index contributed by atoms with van der Waals surface area (Å²) in [5, 5.41) is 66.5.